The minimum atomic E-state index is -4.74. The van der Waals surface area contributed by atoms with Crippen molar-refractivity contribution in [3.63, 3.8) is 0 Å². The van der Waals surface area contributed by atoms with Crippen molar-refractivity contribution in [1.29, 1.82) is 0 Å². The Morgan fingerprint density at radius 2 is 1.51 bits per heavy atom. The summed E-state index contributed by atoms with van der Waals surface area (Å²) >= 11 is 0. The molecule has 0 spiro atoms. The van der Waals surface area contributed by atoms with E-state index in [-0.39, 0.29) is 31.8 Å². The van der Waals surface area contributed by atoms with Crippen LogP contribution in [0.15, 0.2) is 18.7 Å². The van der Waals surface area contributed by atoms with Gasteiger partial charge in [-0.1, -0.05) is 0 Å². The van der Waals surface area contributed by atoms with Gasteiger partial charge in [0.05, 0.1) is 37.9 Å². The number of nitrogens with two attached hydrogens (primary N) is 1. The number of phosphoric acid groups is 3. The van der Waals surface area contributed by atoms with Crippen LogP contribution in [0, 0.1) is 0 Å². The highest BCUT2D eigenvalue weighted by Gasteiger charge is 2.45. The van der Waals surface area contributed by atoms with Crippen molar-refractivity contribution in [3.05, 3.63) is 18.7 Å². The molecule has 0 radical (unpaired) electrons. The zero-order valence-electron chi connectivity index (χ0n) is 19.5. The Morgan fingerprint density at radius 1 is 0.886 bits per heavy atom. The maximum atomic E-state index is 12.6. The number of phosphoric ester groups is 2. The molecule has 198 valence electrons. The molecule has 0 aliphatic carbocycles. The minimum Gasteiger partial charge on any atom is -0.480 e. The summed E-state index contributed by atoms with van der Waals surface area (Å²) in [5, 5.41) is 0. The second-order valence-electron chi connectivity index (χ2n) is 6.03. The van der Waals surface area contributed by atoms with Gasteiger partial charge >= 0.3 is 23.5 Å². The molecular weight excluding hydrogens is 535 g/mol. The van der Waals surface area contributed by atoms with Crippen LogP contribution in [0.5, 0.6) is 5.88 Å². The maximum absolute atomic E-state index is 12.6. The number of nitrogen functional groups attached to an aromatic ring is 1. The molecule has 35 heavy (non-hydrogen) atoms. The van der Waals surface area contributed by atoms with Crippen LogP contribution in [0.2, 0.25) is 0 Å². The van der Waals surface area contributed by atoms with Crippen LogP contribution in [-0.4, -0.2) is 68.3 Å². The molecule has 0 aliphatic heterocycles. The van der Waals surface area contributed by atoms with Gasteiger partial charge in [0.25, 0.3) is 0 Å². The first kappa shape index (κ1) is 29.5. The predicted molar refractivity (Wildman–Crippen MR) is 119 cm³/mol. The first-order chi connectivity index (χ1) is 16.5. The second kappa shape index (κ2) is 13.0. The predicted octanol–water partition coefficient (Wildman–Crippen LogP) is 2.86. The molecule has 2 rings (SSSR count). The summed E-state index contributed by atoms with van der Waals surface area (Å²) in [6.07, 6.45) is 4.62. The Morgan fingerprint density at radius 3 is 2.11 bits per heavy atom. The lowest BCUT2D eigenvalue weighted by Crippen LogP contribution is -2.08. The highest BCUT2D eigenvalue weighted by atomic mass is 31.3. The normalized spacial score (nSPS) is 15.5. The van der Waals surface area contributed by atoms with Crippen LogP contribution in [0.1, 0.15) is 0 Å². The summed E-state index contributed by atoms with van der Waals surface area (Å²) in [5.74, 6) is 0.322. The molecule has 0 amide bonds. The fourth-order valence-electron chi connectivity index (χ4n) is 2.24. The Bertz CT molecular complexity index is 1110. The fraction of sp³-hybridized carbons (Fsp3) is 0.533. The van der Waals surface area contributed by atoms with Crippen LogP contribution in [0.4, 0.5) is 5.95 Å². The summed E-state index contributed by atoms with van der Waals surface area (Å²) in [5.41, 5.74) is 6.59. The van der Waals surface area contributed by atoms with Crippen LogP contribution in [0.25, 0.3) is 11.3 Å². The number of methoxy groups -OCH3 is 1. The number of anilines is 1. The van der Waals surface area contributed by atoms with Crippen molar-refractivity contribution in [3.8, 4) is 17.1 Å². The maximum Gasteiger partial charge on any atom is 0.492 e. The third-order valence-electron chi connectivity index (χ3n) is 3.89. The highest BCUT2D eigenvalue weighted by Crippen LogP contribution is 2.72. The van der Waals surface area contributed by atoms with E-state index in [0.29, 0.717) is 11.3 Å². The van der Waals surface area contributed by atoms with Crippen LogP contribution in [0.3, 0.4) is 0 Å². The molecule has 2 N–H and O–H groups in total. The standard InChI is InChI=1S/C15H26N5O12P3/c1-24-14-12(8-17-15(16)19-14)13-9-20(10-18-13)11-29-6-7-30-34(22,27-4)32-35(23,28-5)31-33(21,25-2)26-3/h8-10H,6-7,11H2,1-5H3,(H2,16,17,19). The molecule has 0 aliphatic rings. The largest absolute Gasteiger partial charge is 0.492 e. The Balaban J connectivity index is 1.90. The summed E-state index contributed by atoms with van der Waals surface area (Å²) in [6, 6.07) is 0. The van der Waals surface area contributed by atoms with Crippen molar-refractivity contribution >= 4 is 29.4 Å². The van der Waals surface area contributed by atoms with Gasteiger partial charge in [0, 0.05) is 40.8 Å². The fourth-order valence-corrected chi connectivity index (χ4v) is 6.66. The van der Waals surface area contributed by atoms with Gasteiger partial charge in [-0.05, 0) is 0 Å². The first-order valence-electron chi connectivity index (χ1n) is 9.41. The van der Waals surface area contributed by atoms with Gasteiger partial charge in [-0.25, -0.2) is 23.7 Å². The van der Waals surface area contributed by atoms with E-state index in [9.17, 15) is 13.7 Å². The van der Waals surface area contributed by atoms with E-state index in [0.717, 1.165) is 28.4 Å². The zero-order chi connectivity index (χ0) is 26.1. The molecule has 0 saturated carbocycles. The highest BCUT2D eigenvalue weighted by molar-refractivity contribution is 7.67. The number of aromatic nitrogens is 4. The summed E-state index contributed by atoms with van der Waals surface area (Å²) in [4.78, 5) is 12.1. The van der Waals surface area contributed by atoms with Gasteiger partial charge < -0.3 is 19.8 Å². The number of hydrogen-bond donors (Lipinski definition) is 1. The lowest BCUT2D eigenvalue weighted by Gasteiger charge is -2.22. The van der Waals surface area contributed by atoms with Crippen LogP contribution < -0.4 is 10.5 Å². The van der Waals surface area contributed by atoms with Crippen LogP contribution in [-0.2, 0) is 56.4 Å². The molecule has 2 heterocycles. The van der Waals surface area contributed by atoms with Gasteiger partial charge in [-0.15, -0.1) is 0 Å². The molecule has 2 atom stereocenters. The van der Waals surface area contributed by atoms with E-state index in [1.54, 1.807) is 10.8 Å². The number of hydrogen-bond acceptors (Lipinski definition) is 16. The second-order valence-corrected chi connectivity index (χ2v) is 11.7. The molecular formula is C15H26N5O12P3. The van der Waals surface area contributed by atoms with E-state index >= 15 is 0 Å². The summed E-state index contributed by atoms with van der Waals surface area (Å²) in [7, 11) is -8.30. The molecule has 20 heteroatoms. The molecule has 0 saturated heterocycles. The average molecular weight is 561 g/mol. The van der Waals surface area contributed by atoms with Crippen molar-refractivity contribution in [1.82, 2.24) is 19.5 Å². The quantitative estimate of drug-likeness (QED) is 0.231. The molecule has 2 aromatic heterocycles. The molecule has 0 aromatic carbocycles. The topological polar surface area (TPSA) is 204 Å². The molecule has 2 unspecified atom stereocenters. The van der Waals surface area contributed by atoms with Gasteiger partial charge in [0.15, 0.2) is 0 Å². The van der Waals surface area contributed by atoms with E-state index in [4.69, 9.17) is 24.0 Å². The van der Waals surface area contributed by atoms with Crippen molar-refractivity contribution < 1.29 is 54.4 Å². The van der Waals surface area contributed by atoms with Crippen LogP contribution >= 0.6 is 23.5 Å². The zero-order valence-corrected chi connectivity index (χ0v) is 22.1. The monoisotopic (exact) mass is 561 g/mol. The smallest absolute Gasteiger partial charge is 0.480 e. The number of ether oxygens (including phenoxy) is 2. The van der Waals surface area contributed by atoms with Crippen molar-refractivity contribution in [2.24, 2.45) is 0 Å². The SMILES string of the molecule is COc1nc(N)ncc1-c1cn(COCCOP(=O)(OC)OP(=O)(OC)OP(=O)(OC)OC)cn1. The van der Waals surface area contributed by atoms with Gasteiger partial charge in [-0.3, -0.25) is 22.6 Å². The summed E-state index contributed by atoms with van der Waals surface area (Å²) < 4.78 is 82.1. The lowest BCUT2D eigenvalue weighted by molar-refractivity contribution is 0.0431. The Hall–Kier alpha value is -1.74. The lowest BCUT2D eigenvalue weighted by atomic mass is 10.2. The number of imidazole rings is 1. The van der Waals surface area contributed by atoms with Crippen molar-refractivity contribution in [2.45, 2.75) is 6.73 Å². The van der Waals surface area contributed by atoms with Gasteiger partial charge in [0.2, 0.25) is 11.8 Å². The number of rotatable bonds is 16. The third-order valence-corrected chi connectivity index (χ3v) is 9.37. The average Bonchev–Trinajstić information content (AvgIpc) is 3.32. The Kier molecular flexibility index (Phi) is 10.9. The molecule has 2 aromatic rings. The van der Waals surface area contributed by atoms with E-state index in [1.165, 1.54) is 19.6 Å². The minimum absolute atomic E-state index is 0.0389. The Labute approximate surface area is 200 Å². The van der Waals surface area contributed by atoms with Gasteiger partial charge in [0.1, 0.15) is 6.73 Å². The van der Waals surface area contributed by atoms with Gasteiger partial charge in [-0.2, -0.15) is 13.6 Å². The molecule has 0 fully saturated rings. The summed E-state index contributed by atoms with van der Waals surface area (Å²) in [6.45, 7) is -0.370. The van der Waals surface area contributed by atoms with E-state index < -0.39 is 23.5 Å². The number of nitrogens with zero attached hydrogens (tertiary/aromatic N) is 4. The molecule has 0 bridgehead atoms. The van der Waals surface area contributed by atoms with Crippen molar-refractivity contribution in [2.75, 3.05) is 54.5 Å². The first-order valence-corrected chi connectivity index (χ1v) is 13.8. The van der Waals surface area contributed by atoms with E-state index in [1.807, 2.05) is 0 Å². The third kappa shape index (κ3) is 8.41. The molecule has 17 nitrogen and oxygen atoms in total. The van der Waals surface area contributed by atoms with E-state index in [2.05, 4.69) is 37.4 Å².